The highest BCUT2D eigenvalue weighted by Gasteiger charge is 2.24. The summed E-state index contributed by atoms with van der Waals surface area (Å²) in [6.45, 7) is 5.43. The number of nitrogen functional groups attached to an aromatic ring is 1. The van der Waals surface area contributed by atoms with Crippen LogP contribution in [0.5, 0.6) is 0 Å². The van der Waals surface area contributed by atoms with E-state index >= 15 is 0 Å². The Morgan fingerprint density at radius 2 is 2.00 bits per heavy atom. The molecule has 0 saturated carbocycles. The van der Waals surface area contributed by atoms with E-state index in [2.05, 4.69) is 11.9 Å². The third kappa shape index (κ3) is 2.38. The van der Waals surface area contributed by atoms with Crippen LogP contribution in [0, 0.1) is 17.0 Å². The first-order valence-electron chi connectivity index (χ1n) is 6.10. The van der Waals surface area contributed by atoms with Gasteiger partial charge in [-0.25, -0.2) is 0 Å². The lowest BCUT2D eigenvalue weighted by Gasteiger charge is -2.31. The maximum absolute atomic E-state index is 11.1. The quantitative estimate of drug-likeness (QED) is 0.434. The van der Waals surface area contributed by atoms with E-state index in [-0.39, 0.29) is 10.6 Å². The van der Waals surface area contributed by atoms with E-state index < -0.39 is 0 Å². The molecule has 0 radical (unpaired) electrons. The zero-order valence-corrected chi connectivity index (χ0v) is 10.8. The summed E-state index contributed by atoms with van der Waals surface area (Å²) in [6, 6.07) is 3.30. The summed E-state index contributed by atoms with van der Waals surface area (Å²) in [7, 11) is 2.13. The number of piperazine rings is 1. The van der Waals surface area contributed by atoms with Crippen LogP contribution in [0.4, 0.5) is 17.1 Å². The molecule has 0 atom stereocenters. The monoisotopic (exact) mass is 251 g/mol. The maximum Gasteiger partial charge on any atom is 0.292 e. The van der Waals surface area contributed by atoms with Crippen LogP contribution in [0.3, 0.4) is 0 Å². The number of anilines is 2. The number of quaternary nitrogens is 1. The predicted molar refractivity (Wildman–Crippen MR) is 71.1 cm³/mol. The van der Waals surface area contributed by atoms with Gasteiger partial charge in [0.25, 0.3) is 5.69 Å². The normalized spacial score (nSPS) is 16.9. The minimum absolute atomic E-state index is 0.154. The topological polar surface area (TPSA) is 76.8 Å². The zero-order chi connectivity index (χ0) is 13.3. The van der Waals surface area contributed by atoms with Crippen LogP contribution in [0.15, 0.2) is 12.1 Å². The van der Waals surface area contributed by atoms with Crippen LogP contribution >= 0.6 is 0 Å². The molecule has 18 heavy (non-hydrogen) atoms. The molecule has 98 valence electrons. The molecule has 0 aliphatic carbocycles. The molecule has 6 heteroatoms. The number of hydrogen-bond acceptors (Lipinski definition) is 4. The van der Waals surface area contributed by atoms with Crippen molar-refractivity contribution in [2.75, 3.05) is 43.9 Å². The molecule has 6 nitrogen and oxygen atoms in total. The summed E-state index contributed by atoms with van der Waals surface area (Å²) in [5.41, 5.74) is 8.04. The predicted octanol–water partition coefficient (Wildman–Crippen LogP) is -0.180. The van der Waals surface area contributed by atoms with Gasteiger partial charge in [0, 0.05) is 11.8 Å². The van der Waals surface area contributed by atoms with E-state index in [4.69, 9.17) is 5.73 Å². The van der Waals surface area contributed by atoms with E-state index in [1.165, 1.54) is 4.90 Å². The van der Waals surface area contributed by atoms with E-state index in [1.54, 1.807) is 19.1 Å². The van der Waals surface area contributed by atoms with Gasteiger partial charge in [-0.15, -0.1) is 0 Å². The van der Waals surface area contributed by atoms with Crippen molar-refractivity contribution >= 4 is 17.1 Å². The summed E-state index contributed by atoms with van der Waals surface area (Å²) >= 11 is 0. The van der Waals surface area contributed by atoms with Crippen LogP contribution in [0.2, 0.25) is 0 Å². The molecule has 1 fully saturated rings. The smallest absolute Gasteiger partial charge is 0.292 e. The second kappa shape index (κ2) is 4.81. The van der Waals surface area contributed by atoms with Crippen molar-refractivity contribution in [3.63, 3.8) is 0 Å². The van der Waals surface area contributed by atoms with Crippen molar-refractivity contribution in [1.29, 1.82) is 0 Å². The summed E-state index contributed by atoms with van der Waals surface area (Å²) in [5, 5.41) is 11.1. The van der Waals surface area contributed by atoms with Crippen LogP contribution in [0.1, 0.15) is 5.56 Å². The van der Waals surface area contributed by atoms with Gasteiger partial charge >= 0.3 is 0 Å². The van der Waals surface area contributed by atoms with Gasteiger partial charge in [-0.3, -0.25) is 10.1 Å². The lowest BCUT2D eigenvalue weighted by molar-refractivity contribution is -0.880. The van der Waals surface area contributed by atoms with Crippen molar-refractivity contribution in [2.45, 2.75) is 6.92 Å². The Morgan fingerprint density at radius 1 is 1.39 bits per heavy atom. The fraction of sp³-hybridized carbons (Fsp3) is 0.500. The first-order chi connectivity index (χ1) is 8.49. The largest absolute Gasteiger partial charge is 0.398 e. The maximum atomic E-state index is 11.1. The summed E-state index contributed by atoms with van der Waals surface area (Å²) in [4.78, 5) is 14.3. The number of likely N-dealkylation sites (N-methyl/N-ethyl adjacent to an activating group) is 1. The average Bonchev–Trinajstić information content (AvgIpc) is 2.33. The van der Waals surface area contributed by atoms with Gasteiger partial charge in [0.1, 0.15) is 5.69 Å². The third-order valence-corrected chi connectivity index (χ3v) is 3.52. The number of hydrogen-bond donors (Lipinski definition) is 2. The number of benzene rings is 1. The highest BCUT2D eigenvalue weighted by atomic mass is 16.6. The Labute approximate surface area is 106 Å². The van der Waals surface area contributed by atoms with Gasteiger partial charge in [-0.1, -0.05) is 0 Å². The number of aryl methyl sites for hydroxylation is 1. The van der Waals surface area contributed by atoms with Crippen LogP contribution < -0.4 is 15.5 Å². The molecule has 3 N–H and O–H groups in total. The molecule has 1 aliphatic rings. The number of rotatable bonds is 2. The van der Waals surface area contributed by atoms with Gasteiger partial charge in [0.15, 0.2) is 0 Å². The molecule has 1 aliphatic heterocycles. The molecule has 0 aromatic heterocycles. The third-order valence-electron chi connectivity index (χ3n) is 3.52. The molecule has 0 amide bonds. The van der Waals surface area contributed by atoms with Crippen molar-refractivity contribution in [3.8, 4) is 0 Å². The minimum Gasteiger partial charge on any atom is -0.398 e. The molecule has 1 heterocycles. The molecule has 1 saturated heterocycles. The Bertz CT molecular complexity index is 467. The molecule has 0 spiro atoms. The van der Waals surface area contributed by atoms with Crippen LogP contribution in [0.25, 0.3) is 0 Å². The van der Waals surface area contributed by atoms with Crippen molar-refractivity contribution in [1.82, 2.24) is 0 Å². The van der Waals surface area contributed by atoms with Gasteiger partial charge in [0.2, 0.25) is 0 Å². The second-order valence-electron chi connectivity index (χ2n) is 4.90. The Balaban J connectivity index is 2.36. The van der Waals surface area contributed by atoms with Crippen molar-refractivity contribution < 1.29 is 9.82 Å². The SMILES string of the molecule is Cc1cc([N+](=O)[O-])c(N2CC[NH+](C)CC2)cc1N. The molecular formula is C12H19N4O2+. The van der Waals surface area contributed by atoms with Gasteiger partial charge in [-0.05, 0) is 18.6 Å². The molecule has 2 rings (SSSR count). The lowest BCUT2D eigenvalue weighted by atomic mass is 10.1. The van der Waals surface area contributed by atoms with Gasteiger partial charge < -0.3 is 15.5 Å². The number of nitrogens with zero attached hydrogens (tertiary/aromatic N) is 2. The lowest BCUT2D eigenvalue weighted by Crippen LogP contribution is -3.12. The Kier molecular flexibility index (Phi) is 3.38. The van der Waals surface area contributed by atoms with Crippen LogP contribution in [-0.4, -0.2) is 38.2 Å². The Morgan fingerprint density at radius 3 is 2.56 bits per heavy atom. The molecule has 1 aromatic carbocycles. The van der Waals surface area contributed by atoms with E-state index in [0.29, 0.717) is 11.4 Å². The average molecular weight is 251 g/mol. The summed E-state index contributed by atoms with van der Waals surface area (Å²) in [6.07, 6.45) is 0. The number of nitro groups is 1. The first kappa shape index (κ1) is 12.6. The fourth-order valence-corrected chi connectivity index (χ4v) is 2.23. The molecule has 1 aromatic rings. The second-order valence-corrected chi connectivity index (χ2v) is 4.90. The summed E-state index contributed by atoms with van der Waals surface area (Å²) < 4.78 is 0. The van der Waals surface area contributed by atoms with Gasteiger partial charge in [-0.2, -0.15) is 0 Å². The van der Waals surface area contributed by atoms with E-state index in [9.17, 15) is 10.1 Å². The van der Waals surface area contributed by atoms with Crippen molar-refractivity contribution in [2.24, 2.45) is 0 Å². The molecule has 0 bridgehead atoms. The highest BCUT2D eigenvalue weighted by molar-refractivity contribution is 5.71. The molecular weight excluding hydrogens is 232 g/mol. The minimum atomic E-state index is -0.326. The van der Waals surface area contributed by atoms with Crippen molar-refractivity contribution in [3.05, 3.63) is 27.8 Å². The summed E-state index contributed by atoms with van der Waals surface area (Å²) in [5.74, 6) is 0. The number of nitrogens with two attached hydrogens (primary N) is 1. The highest BCUT2D eigenvalue weighted by Crippen LogP contribution is 2.32. The van der Waals surface area contributed by atoms with E-state index in [1.807, 2.05) is 0 Å². The molecule has 0 unspecified atom stereocenters. The standard InChI is InChI=1S/C12H18N4O2/c1-9-7-12(16(17)18)11(8-10(9)13)15-5-3-14(2)4-6-15/h7-8H,3-6,13H2,1-2H3/p+1. The first-order valence-corrected chi connectivity index (χ1v) is 6.10. The zero-order valence-electron chi connectivity index (χ0n) is 10.8. The van der Waals surface area contributed by atoms with Gasteiger partial charge in [0.05, 0.1) is 38.2 Å². The number of nitrogens with one attached hydrogen (secondary N) is 1. The number of nitro benzene ring substituents is 1. The van der Waals surface area contributed by atoms with E-state index in [0.717, 1.165) is 31.7 Å². The van der Waals surface area contributed by atoms with Crippen LogP contribution in [-0.2, 0) is 0 Å². The Hall–Kier alpha value is -1.82. The fourth-order valence-electron chi connectivity index (χ4n) is 2.23.